The highest BCUT2D eigenvalue weighted by atomic mass is 16.5. The second kappa shape index (κ2) is 5.82. The summed E-state index contributed by atoms with van der Waals surface area (Å²) in [4.78, 5) is 7.17. The fourth-order valence-corrected chi connectivity index (χ4v) is 3.43. The smallest absolute Gasteiger partial charge is 0.232 e. The number of hydrogen-bond donors (Lipinski definition) is 1. The van der Waals surface area contributed by atoms with Crippen LogP contribution in [0.1, 0.15) is 63.7 Å². The van der Waals surface area contributed by atoms with E-state index in [-0.39, 0.29) is 11.5 Å². The van der Waals surface area contributed by atoms with Crippen molar-refractivity contribution in [1.29, 1.82) is 0 Å². The first-order valence-electron chi connectivity index (χ1n) is 7.98. The molecular formula is C15H26N4O. The lowest BCUT2D eigenvalue weighted by Crippen LogP contribution is -2.44. The molecule has 0 spiro atoms. The molecule has 5 nitrogen and oxygen atoms in total. The van der Waals surface area contributed by atoms with Gasteiger partial charge >= 0.3 is 0 Å². The van der Waals surface area contributed by atoms with E-state index in [4.69, 9.17) is 9.51 Å². The Hall–Kier alpha value is -0.940. The lowest BCUT2D eigenvalue weighted by Gasteiger charge is -2.31. The number of hydrogen-bond acceptors (Lipinski definition) is 5. The third kappa shape index (κ3) is 2.74. The van der Waals surface area contributed by atoms with Crippen LogP contribution in [0.15, 0.2) is 4.52 Å². The molecule has 5 heteroatoms. The molecule has 20 heavy (non-hydrogen) atoms. The average Bonchev–Trinajstić information content (AvgIpc) is 2.99. The summed E-state index contributed by atoms with van der Waals surface area (Å²) < 4.78 is 5.62. The van der Waals surface area contributed by atoms with Crippen molar-refractivity contribution in [1.82, 2.24) is 20.4 Å². The molecule has 2 aliphatic rings. The van der Waals surface area contributed by atoms with Crippen molar-refractivity contribution in [3.8, 4) is 0 Å². The van der Waals surface area contributed by atoms with Crippen LogP contribution < -0.4 is 5.32 Å². The van der Waals surface area contributed by atoms with Gasteiger partial charge in [0.2, 0.25) is 5.89 Å². The molecule has 1 unspecified atom stereocenters. The Kier molecular flexibility index (Phi) is 4.08. The fraction of sp³-hybridized carbons (Fsp3) is 0.867. The molecule has 1 aromatic heterocycles. The maximum Gasteiger partial charge on any atom is 0.232 e. The Balaban J connectivity index is 1.72. The van der Waals surface area contributed by atoms with Gasteiger partial charge in [0.15, 0.2) is 5.82 Å². The van der Waals surface area contributed by atoms with Gasteiger partial charge in [-0.25, -0.2) is 0 Å². The maximum atomic E-state index is 5.62. The van der Waals surface area contributed by atoms with Crippen LogP contribution in [0.2, 0.25) is 0 Å². The Morgan fingerprint density at radius 1 is 1.20 bits per heavy atom. The first kappa shape index (κ1) is 14.0. The summed E-state index contributed by atoms with van der Waals surface area (Å²) in [6.45, 7) is 8.67. The number of nitrogens with zero attached hydrogens (tertiary/aromatic N) is 3. The van der Waals surface area contributed by atoms with Crippen molar-refractivity contribution < 1.29 is 4.52 Å². The lowest BCUT2D eigenvalue weighted by molar-refractivity contribution is 0.175. The molecular weight excluding hydrogens is 252 g/mol. The van der Waals surface area contributed by atoms with E-state index in [1.807, 2.05) is 0 Å². The van der Waals surface area contributed by atoms with Gasteiger partial charge in [0.05, 0.1) is 6.04 Å². The largest absolute Gasteiger partial charge is 0.339 e. The summed E-state index contributed by atoms with van der Waals surface area (Å²) in [7, 11) is 0. The van der Waals surface area contributed by atoms with Crippen molar-refractivity contribution in [2.45, 2.75) is 57.4 Å². The summed E-state index contributed by atoms with van der Waals surface area (Å²) in [6, 6.07) is 0.252. The van der Waals surface area contributed by atoms with Crippen molar-refractivity contribution >= 4 is 0 Å². The highest BCUT2D eigenvalue weighted by Crippen LogP contribution is 2.38. The van der Waals surface area contributed by atoms with Gasteiger partial charge in [-0.05, 0) is 19.8 Å². The molecule has 2 heterocycles. The summed E-state index contributed by atoms with van der Waals surface area (Å²) in [6.07, 6.45) is 6.25. The van der Waals surface area contributed by atoms with Crippen LogP contribution in [0.25, 0.3) is 0 Å². The predicted molar refractivity (Wildman–Crippen MR) is 77.6 cm³/mol. The number of piperazine rings is 1. The lowest BCUT2D eigenvalue weighted by atomic mass is 9.75. The van der Waals surface area contributed by atoms with Gasteiger partial charge in [-0.2, -0.15) is 4.98 Å². The Morgan fingerprint density at radius 2 is 1.90 bits per heavy atom. The predicted octanol–water partition coefficient (Wildman–Crippen LogP) is 2.26. The molecule has 3 rings (SSSR count). The van der Waals surface area contributed by atoms with Gasteiger partial charge in [-0.3, -0.25) is 4.90 Å². The molecule has 1 N–H and O–H groups in total. The highest BCUT2D eigenvalue weighted by Gasteiger charge is 2.35. The zero-order valence-electron chi connectivity index (χ0n) is 12.7. The fourth-order valence-electron chi connectivity index (χ4n) is 3.43. The molecule has 0 bridgehead atoms. The van der Waals surface area contributed by atoms with Crippen LogP contribution in [0, 0.1) is 0 Å². The van der Waals surface area contributed by atoms with Crippen LogP contribution in [-0.4, -0.2) is 41.2 Å². The molecule has 0 amide bonds. The number of nitrogens with one attached hydrogen (secondary N) is 1. The van der Waals surface area contributed by atoms with Crippen LogP contribution in [0.3, 0.4) is 0 Å². The normalized spacial score (nSPS) is 25.5. The van der Waals surface area contributed by atoms with Gasteiger partial charge in [-0.1, -0.05) is 31.3 Å². The monoisotopic (exact) mass is 278 g/mol. The second-order valence-corrected chi connectivity index (χ2v) is 6.54. The van der Waals surface area contributed by atoms with Crippen LogP contribution >= 0.6 is 0 Å². The van der Waals surface area contributed by atoms with Crippen LogP contribution in [0.4, 0.5) is 0 Å². The quantitative estimate of drug-likeness (QED) is 0.919. The van der Waals surface area contributed by atoms with Crippen LogP contribution in [-0.2, 0) is 5.41 Å². The maximum absolute atomic E-state index is 5.62. The minimum atomic E-state index is 0.104. The Bertz CT molecular complexity index is 433. The molecule has 1 saturated carbocycles. The minimum absolute atomic E-state index is 0.104. The van der Waals surface area contributed by atoms with Crippen LogP contribution in [0.5, 0.6) is 0 Å². The van der Waals surface area contributed by atoms with E-state index >= 15 is 0 Å². The molecule has 0 aromatic carbocycles. The Morgan fingerprint density at radius 3 is 2.60 bits per heavy atom. The third-order valence-corrected chi connectivity index (χ3v) is 4.99. The number of rotatable bonds is 3. The van der Waals surface area contributed by atoms with E-state index in [9.17, 15) is 0 Å². The molecule has 1 saturated heterocycles. The van der Waals surface area contributed by atoms with Gasteiger partial charge in [-0.15, -0.1) is 0 Å². The summed E-state index contributed by atoms with van der Waals surface area (Å²) in [5.74, 6) is 1.71. The summed E-state index contributed by atoms with van der Waals surface area (Å²) in [5, 5.41) is 7.64. The zero-order chi connectivity index (χ0) is 14.0. The molecule has 1 atom stereocenters. The van der Waals surface area contributed by atoms with Crippen molar-refractivity contribution in [3.05, 3.63) is 11.7 Å². The second-order valence-electron chi connectivity index (χ2n) is 6.54. The van der Waals surface area contributed by atoms with Gasteiger partial charge in [0.25, 0.3) is 0 Å². The van der Waals surface area contributed by atoms with E-state index in [1.54, 1.807) is 0 Å². The molecule has 1 aliphatic heterocycles. The van der Waals surface area contributed by atoms with Crippen molar-refractivity contribution in [2.24, 2.45) is 0 Å². The summed E-state index contributed by atoms with van der Waals surface area (Å²) in [5.41, 5.74) is 0.104. The highest BCUT2D eigenvalue weighted by molar-refractivity contribution is 5.06. The van der Waals surface area contributed by atoms with Crippen molar-refractivity contribution in [3.63, 3.8) is 0 Å². The SMILES string of the molecule is CC(c1noc(C2(C)CCCCC2)n1)N1CCNCC1. The molecule has 1 aromatic rings. The van der Waals surface area contributed by atoms with E-state index in [0.717, 1.165) is 37.9 Å². The zero-order valence-corrected chi connectivity index (χ0v) is 12.7. The van der Waals surface area contributed by atoms with Crippen molar-refractivity contribution in [2.75, 3.05) is 26.2 Å². The number of aromatic nitrogens is 2. The Labute approximate surface area is 121 Å². The van der Waals surface area contributed by atoms with Gasteiger partial charge in [0, 0.05) is 31.6 Å². The third-order valence-electron chi connectivity index (χ3n) is 4.99. The van der Waals surface area contributed by atoms with E-state index in [1.165, 1.54) is 32.1 Å². The molecule has 1 aliphatic carbocycles. The van der Waals surface area contributed by atoms with Gasteiger partial charge in [0.1, 0.15) is 0 Å². The standard InChI is InChI=1S/C15H26N4O/c1-12(19-10-8-16-9-11-19)13-17-14(20-18-13)15(2)6-4-3-5-7-15/h12,16H,3-11H2,1-2H3. The minimum Gasteiger partial charge on any atom is -0.339 e. The first-order valence-corrected chi connectivity index (χ1v) is 7.98. The molecule has 112 valence electrons. The summed E-state index contributed by atoms with van der Waals surface area (Å²) >= 11 is 0. The molecule has 2 fully saturated rings. The van der Waals surface area contributed by atoms with Gasteiger partial charge < -0.3 is 9.84 Å². The first-order chi connectivity index (χ1) is 9.69. The average molecular weight is 278 g/mol. The van der Waals surface area contributed by atoms with E-state index < -0.39 is 0 Å². The topological polar surface area (TPSA) is 54.2 Å². The van der Waals surface area contributed by atoms with E-state index in [0.29, 0.717) is 0 Å². The van der Waals surface area contributed by atoms with E-state index in [2.05, 4.69) is 29.2 Å². The molecule has 0 radical (unpaired) electrons.